The van der Waals surface area contributed by atoms with E-state index in [-0.39, 0.29) is 10.8 Å². The van der Waals surface area contributed by atoms with Crippen LogP contribution in [0.15, 0.2) is 32.7 Å². The lowest BCUT2D eigenvalue weighted by atomic mass is 9.94. The summed E-state index contributed by atoms with van der Waals surface area (Å²) in [7, 11) is -0.410. The molecule has 0 fully saturated rings. The molecule has 0 bridgehead atoms. The van der Waals surface area contributed by atoms with Gasteiger partial charge in [-0.25, -0.2) is 0 Å². The van der Waals surface area contributed by atoms with E-state index in [1.165, 1.54) is 22.3 Å². The van der Waals surface area contributed by atoms with Crippen molar-refractivity contribution in [2.75, 3.05) is 0 Å². The van der Waals surface area contributed by atoms with Crippen LogP contribution < -0.4 is 0 Å². The number of rotatable bonds is 2. The van der Waals surface area contributed by atoms with E-state index in [1.807, 2.05) is 0 Å². The second-order valence-corrected chi connectivity index (χ2v) is 8.90. The first-order chi connectivity index (χ1) is 8.56. The fraction of sp³-hybridized carbons (Fsp3) is 0.556. The molecule has 0 nitrogen and oxygen atoms in total. The van der Waals surface area contributed by atoms with Gasteiger partial charge in [0, 0.05) is 10.8 Å². The molecular formula is C18H26Si. The number of hydrogen-bond donors (Lipinski definition) is 0. The molecule has 0 saturated heterocycles. The minimum Gasteiger partial charge on any atom is -0.0701 e. The first-order valence-corrected chi connectivity index (χ1v) is 8.62. The van der Waals surface area contributed by atoms with E-state index >= 15 is 0 Å². The zero-order chi connectivity index (χ0) is 14.6. The predicted octanol–water partition coefficient (Wildman–Crippen LogP) is 4.28. The van der Waals surface area contributed by atoms with Crippen molar-refractivity contribution in [2.45, 2.75) is 55.4 Å². The Hall–Kier alpha value is -0.823. The molecule has 0 saturated carbocycles. The van der Waals surface area contributed by atoms with Gasteiger partial charge in [0.25, 0.3) is 0 Å². The van der Waals surface area contributed by atoms with Crippen molar-refractivity contribution in [3.63, 3.8) is 0 Å². The van der Waals surface area contributed by atoms with Gasteiger partial charge >= 0.3 is 0 Å². The van der Waals surface area contributed by atoms with Crippen LogP contribution in [0.1, 0.15) is 55.4 Å². The lowest BCUT2D eigenvalue weighted by Crippen LogP contribution is -2.23. The lowest BCUT2D eigenvalue weighted by molar-refractivity contribution is 0.581. The summed E-state index contributed by atoms with van der Waals surface area (Å²) in [5.74, 6) is 0. The third-order valence-electron chi connectivity index (χ3n) is 4.89. The molecule has 2 radical (unpaired) electrons. The number of allylic oxidation sites excluding steroid dienone is 8. The van der Waals surface area contributed by atoms with Gasteiger partial charge in [-0.3, -0.25) is 0 Å². The Bertz CT molecular complexity index is 498. The van der Waals surface area contributed by atoms with Gasteiger partial charge in [0.15, 0.2) is 0 Å². The average Bonchev–Trinajstić information content (AvgIpc) is 2.55. The van der Waals surface area contributed by atoms with Crippen LogP contribution in [-0.2, 0) is 0 Å². The van der Waals surface area contributed by atoms with Crippen LogP contribution in [0.25, 0.3) is 0 Å². The van der Waals surface area contributed by atoms with Crippen molar-refractivity contribution >= 4 is 9.52 Å². The highest BCUT2D eigenvalue weighted by atomic mass is 28.2. The predicted molar refractivity (Wildman–Crippen MR) is 86.4 cm³/mol. The largest absolute Gasteiger partial charge is 0.0803 e. The molecule has 0 aromatic rings. The summed E-state index contributed by atoms with van der Waals surface area (Å²) in [6.07, 6.45) is 7.30. The Labute approximate surface area is 121 Å². The van der Waals surface area contributed by atoms with Crippen LogP contribution in [0.3, 0.4) is 0 Å². The second-order valence-electron chi connectivity index (χ2n) is 7.13. The summed E-state index contributed by atoms with van der Waals surface area (Å²) in [5, 5.41) is 3.34. The van der Waals surface area contributed by atoms with Crippen molar-refractivity contribution < 1.29 is 0 Å². The summed E-state index contributed by atoms with van der Waals surface area (Å²) < 4.78 is 0. The molecular weight excluding hydrogens is 244 g/mol. The molecule has 0 heterocycles. The molecule has 0 aromatic heterocycles. The summed E-state index contributed by atoms with van der Waals surface area (Å²) in [6, 6.07) is 0. The van der Waals surface area contributed by atoms with E-state index in [0.29, 0.717) is 0 Å². The van der Waals surface area contributed by atoms with Crippen molar-refractivity contribution in [1.29, 1.82) is 0 Å². The van der Waals surface area contributed by atoms with E-state index in [2.05, 4.69) is 67.5 Å². The fourth-order valence-corrected chi connectivity index (χ4v) is 6.02. The monoisotopic (exact) mass is 270 g/mol. The Morgan fingerprint density at radius 3 is 1.21 bits per heavy atom. The quantitative estimate of drug-likeness (QED) is 0.657. The van der Waals surface area contributed by atoms with Crippen LogP contribution in [0.4, 0.5) is 0 Å². The van der Waals surface area contributed by atoms with E-state index in [0.717, 1.165) is 0 Å². The van der Waals surface area contributed by atoms with Crippen molar-refractivity contribution in [3.05, 3.63) is 44.8 Å². The molecule has 0 atom stereocenters. The third kappa shape index (κ3) is 2.33. The summed E-state index contributed by atoms with van der Waals surface area (Å²) in [6.45, 7) is 18.2. The van der Waals surface area contributed by atoms with E-state index in [4.69, 9.17) is 0 Å². The zero-order valence-electron chi connectivity index (χ0n) is 13.7. The maximum atomic E-state index is 3.65. The molecule has 0 aliphatic heterocycles. The summed E-state index contributed by atoms with van der Waals surface area (Å²) >= 11 is 0. The van der Waals surface area contributed by atoms with Gasteiger partial charge in [0.05, 0.1) is 9.52 Å². The molecule has 2 rings (SSSR count). The van der Waals surface area contributed by atoms with Gasteiger partial charge in [-0.2, -0.15) is 0 Å². The van der Waals surface area contributed by atoms with Gasteiger partial charge in [0.2, 0.25) is 0 Å². The van der Waals surface area contributed by atoms with Crippen LogP contribution >= 0.6 is 0 Å². The van der Waals surface area contributed by atoms with Gasteiger partial charge < -0.3 is 0 Å². The highest BCUT2D eigenvalue weighted by Crippen LogP contribution is 2.45. The second kappa shape index (κ2) is 4.34. The molecule has 19 heavy (non-hydrogen) atoms. The smallest absolute Gasteiger partial charge is 0.0701 e. The first kappa shape index (κ1) is 14.6. The van der Waals surface area contributed by atoms with Crippen LogP contribution in [-0.4, -0.2) is 9.52 Å². The minimum absolute atomic E-state index is 0.139. The SMILES string of the molecule is CC1=[C]C(C)(C)C([SiH2]C2=C(C)C(C)=[C]C2(C)C)=C1C. The standard InChI is InChI=1S/C18H26Si/c1-11-9-17(5,6)15(13(11)3)19-16-14(4)12(2)10-18(16,7)8/h19H2,1-8H3. The van der Waals surface area contributed by atoms with Gasteiger partial charge in [-0.1, -0.05) is 49.2 Å². The van der Waals surface area contributed by atoms with Crippen molar-refractivity contribution in [2.24, 2.45) is 10.8 Å². The van der Waals surface area contributed by atoms with E-state index < -0.39 is 9.52 Å². The Morgan fingerprint density at radius 1 is 0.684 bits per heavy atom. The lowest BCUT2D eigenvalue weighted by Gasteiger charge is -2.27. The highest BCUT2D eigenvalue weighted by molar-refractivity contribution is 6.55. The van der Waals surface area contributed by atoms with Crippen LogP contribution in [0, 0.1) is 23.0 Å². The molecule has 0 unspecified atom stereocenters. The maximum Gasteiger partial charge on any atom is 0.0803 e. The molecule has 1 heteroatoms. The first-order valence-electron chi connectivity index (χ1n) is 7.21. The van der Waals surface area contributed by atoms with Gasteiger partial charge in [0.1, 0.15) is 0 Å². The van der Waals surface area contributed by atoms with Crippen LogP contribution in [0.2, 0.25) is 0 Å². The minimum atomic E-state index is -0.410. The molecule has 102 valence electrons. The highest BCUT2D eigenvalue weighted by Gasteiger charge is 2.35. The number of hydrogen-bond acceptors (Lipinski definition) is 0. The summed E-state index contributed by atoms with van der Waals surface area (Å²) in [4.78, 5) is 0. The molecule has 0 aromatic carbocycles. The molecule has 2 aliphatic rings. The maximum absolute atomic E-state index is 3.65. The molecule has 0 amide bonds. The average molecular weight is 270 g/mol. The van der Waals surface area contributed by atoms with E-state index in [1.54, 1.807) is 10.4 Å². The third-order valence-corrected chi connectivity index (χ3v) is 8.43. The molecule has 0 spiro atoms. The van der Waals surface area contributed by atoms with Crippen LogP contribution in [0.5, 0.6) is 0 Å². The molecule has 2 aliphatic carbocycles. The Morgan fingerprint density at radius 2 is 1.00 bits per heavy atom. The van der Waals surface area contributed by atoms with Crippen molar-refractivity contribution in [1.82, 2.24) is 0 Å². The van der Waals surface area contributed by atoms with E-state index in [9.17, 15) is 0 Å². The van der Waals surface area contributed by atoms with Gasteiger partial charge in [-0.05, 0) is 51.0 Å². The van der Waals surface area contributed by atoms with Crippen molar-refractivity contribution in [3.8, 4) is 0 Å². The zero-order valence-corrected chi connectivity index (χ0v) is 15.1. The normalized spacial score (nSPS) is 25.1. The van der Waals surface area contributed by atoms with Gasteiger partial charge in [-0.15, -0.1) is 0 Å². The fourth-order valence-electron chi connectivity index (χ4n) is 3.55. The summed E-state index contributed by atoms with van der Waals surface area (Å²) in [5.41, 5.74) is 5.99. The Kier molecular flexibility index (Phi) is 3.33. The topological polar surface area (TPSA) is 0 Å². The Balaban J connectivity index is 2.40. The molecule has 0 N–H and O–H groups in total.